The summed E-state index contributed by atoms with van der Waals surface area (Å²) in [5.41, 5.74) is 3.46. The van der Waals surface area contributed by atoms with Crippen molar-refractivity contribution in [2.75, 3.05) is 6.61 Å². The molecule has 0 aromatic heterocycles. The van der Waals surface area contributed by atoms with Crippen molar-refractivity contribution >= 4 is 5.97 Å². The van der Waals surface area contributed by atoms with Gasteiger partial charge in [-0.05, 0) is 30.0 Å². The molecule has 4 nitrogen and oxygen atoms in total. The van der Waals surface area contributed by atoms with Crippen LogP contribution in [-0.4, -0.2) is 34.7 Å². The third kappa shape index (κ3) is 7.35. The number of nitrogens with zero attached hydrogens (tertiary/aromatic N) is 1. The molecule has 0 saturated heterocycles. The zero-order chi connectivity index (χ0) is 21.9. The molecule has 0 radical (unpaired) electrons. The molecule has 0 heterocycles. The lowest BCUT2D eigenvalue weighted by Gasteiger charge is -2.35. The van der Waals surface area contributed by atoms with E-state index in [9.17, 15) is 9.90 Å². The molecule has 0 fully saturated rings. The number of ether oxygens (including phenoxy) is 1. The summed E-state index contributed by atoms with van der Waals surface area (Å²) in [6, 6.07) is 30.3. The maximum atomic E-state index is 12.1. The Morgan fingerprint density at radius 2 is 1.26 bits per heavy atom. The average Bonchev–Trinajstić information content (AvgIpc) is 2.79. The predicted octanol–water partition coefficient (Wildman–Crippen LogP) is 4.61. The summed E-state index contributed by atoms with van der Waals surface area (Å²) in [7, 11) is 0. The van der Waals surface area contributed by atoms with Crippen molar-refractivity contribution in [1.82, 2.24) is 4.90 Å². The summed E-state index contributed by atoms with van der Waals surface area (Å²) >= 11 is 0. The molecule has 2 unspecified atom stereocenters. The fraction of sp³-hybridized carbons (Fsp3) is 0.296. The third-order valence-electron chi connectivity index (χ3n) is 5.34. The van der Waals surface area contributed by atoms with Crippen LogP contribution in [0.15, 0.2) is 91.0 Å². The molecule has 0 aliphatic heterocycles. The Hall–Kier alpha value is -2.95. The van der Waals surface area contributed by atoms with Crippen molar-refractivity contribution in [2.24, 2.45) is 0 Å². The van der Waals surface area contributed by atoms with Gasteiger partial charge in [-0.1, -0.05) is 91.0 Å². The van der Waals surface area contributed by atoms with Crippen molar-refractivity contribution in [3.63, 3.8) is 0 Å². The fourth-order valence-electron chi connectivity index (χ4n) is 3.82. The Balaban J connectivity index is 1.90. The zero-order valence-corrected chi connectivity index (χ0v) is 18.1. The van der Waals surface area contributed by atoms with Crippen LogP contribution >= 0.6 is 0 Å². The quantitative estimate of drug-likeness (QED) is 0.463. The largest absolute Gasteiger partial charge is 0.466 e. The Kier molecular flexibility index (Phi) is 8.83. The van der Waals surface area contributed by atoms with Gasteiger partial charge in [0.2, 0.25) is 0 Å². The van der Waals surface area contributed by atoms with Crippen molar-refractivity contribution in [3.05, 3.63) is 108 Å². The normalized spacial score (nSPS) is 13.0. The summed E-state index contributed by atoms with van der Waals surface area (Å²) in [6.07, 6.45) is -0.223. The first kappa shape index (κ1) is 22.7. The van der Waals surface area contributed by atoms with Gasteiger partial charge < -0.3 is 9.84 Å². The average molecular weight is 418 g/mol. The minimum absolute atomic E-state index is 0.0224. The second kappa shape index (κ2) is 12.0. The van der Waals surface area contributed by atoms with Crippen LogP contribution in [0.5, 0.6) is 0 Å². The van der Waals surface area contributed by atoms with Gasteiger partial charge in [0.05, 0.1) is 19.1 Å². The monoisotopic (exact) mass is 417 g/mol. The highest BCUT2D eigenvalue weighted by atomic mass is 16.5. The predicted molar refractivity (Wildman–Crippen MR) is 123 cm³/mol. The third-order valence-corrected chi connectivity index (χ3v) is 5.34. The number of hydrogen-bond donors (Lipinski definition) is 1. The van der Waals surface area contributed by atoms with E-state index in [2.05, 4.69) is 41.3 Å². The number of aliphatic hydroxyl groups is 1. The van der Waals surface area contributed by atoms with Crippen LogP contribution in [0.25, 0.3) is 0 Å². The highest BCUT2D eigenvalue weighted by molar-refractivity contribution is 5.70. The van der Waals surface area contributed by atoms with Gasteiger partial charge in [0.1, 0.15) is 0 Å². The molecule has 3 rings (SSSR count). The van der Waals surface area contributed by atoms with E-state index in [0.717, 1.165) is 5.56 Å². The lowest BCUT2D eigenvalue weighted by atomic mass is 9.96. The number of rotatable bonds is 11. The van der Waals surface area contributed by atoms with Crippen LogP contribution in [0.3, 0.4) is 0 Å². The lowest BCUT2D eigenvalue weighted by Crippen LogP contribution is -2.45. The van der Waals surface area contributed by atoms with E-state index in [1.807, 2.05) is 54.6 Å². The van der Waals surface area contributed by atoms with Crippen LogP contribution in [0.1, 0.15) is 30.0 Å². The van der Waals surface area contributed by atoms with Gasteiger partial charge in [-0.3, -0.25) is 9.69 Å². The number of benzene rings is 3. The summed E-state index contributed by atoms with van der Waals surface area (Å²) in [6.45, 7) is 3.44. The molecule has 0 saturated carbocycles. The molecule has 162 valence electrons. The van der Waals surface area contributed by atoms with Gasteiger partial charge in [-0.2, -0.15) is 0 Å². The molecule has 0 aliphatic rings. The molecule has 1 N–H and O–H groups in total. The number of esters is 1. The first-order valence-electron chi connectivity index (χ1n) is 10.8. The Labute approximate surface area is 185 Å². The molecule has 0 spiro atoms. The number of hydrogen-bond acceptors (Lipinski definition) is 4. The van der Waals surface area contributed by atoms with Gasteiger partial charge in [0, 0.05) is 19.1 Å². The molecule has 0 amide bonds. The number of aliphatic hydroxyl groups excluding tert-OH is 1. The van der Waals surface area contributed by atoms with Gasteiger partial charge in [0.25, 0.3) is 0 Å². The molecule has 0 bridgehead atoms. The lowest BCUT2D eigenvalue weighted by molar-refractivity contribution is -0.146. The standard InChI is InChI=1S/C27H31NO3/c1-2-31-27(30)19-26(29)25(18-22-12-6-3-7-13-22)28(20-23-14-8-4-9-15-23)21-24-16-10-5-11-17-24/h3-17,25-26,29H,2,18-21H2,1H3. The molecular weight excluding hydrogens is 386 g/mol. The van der Waals surface area contributed by atoms with Gasteiger partial charge in [-0.25, -0.2) is 0 Å². The summed E-state index contributed by atoms with van der Waals surface area (Å²) in [5.74, 6) is -0.368. The van der Waals surface area contributed by atoms with E-state index >= 15 is 0 Å². The van der Waals surface area contributed by atoms with Crippen molar-refractivity contribution < 1.29 is 14.6 Å². The van der Waals surface area contributed by atoms with Gasteiger partial charge in [0.15, 0.2) is 0 Å². The summed E-state index contributed by atoms with van der Waals surface area (Å²) < 4.78 is 5.11. The van der Waals surface area contributed by atoms with Crippen molar-refractivity contribution in [1.29, 1.82) is 0 Å². The maximum Gasteiger partial charge on any atom is 0.308 e. The van der Waals surface area contributed by atoms with E-state index in [1.54, 1.807) is 6.92 Å². The molecule has 3 aromatic carbocycles. The highest BCUT2D eigenvalue weighted by Gasteiger charge is 2.29. The van der Waals surface area contributed by atoms with Gasteiger partial charge in [-0.15, -0.1) is 0 Å². The van der Waals surface area contributed by atoms with E-state index in [0.29, 0.717) is 26.1 Å². The molecular formula is C27H31NO3. The Bertz CT molecular complexity index is 858. The van der Waals surface area contributed by atoms with E-state index < -0.39 is 6.10 Å². The first-order valence-corrected chi connectivity index (χ1v) is 10.8. The summed E-state index contributed by atoms with van der Waals surface area (Å²) in [4.78, 5) is 14.4. The molecule has 2 atom stereocenters. The number of carbonyl (C=O) groups is 1. The molecule has 4 heteroatoms. The summed E-state index contributed by atoms with van der Waals surface area (Å²) in [5, 5.41) is 11.2. The van der Waals surface area contributed by atoms with Crippen LogP contribution in [0.2, 0.25) is 0 Å². The minimum atomic E-state index is -0.841. The SMILES string of the molecule is CCOC(=O)CC(O)C(Cc1ccccc1)N(Cc1ccccc1)Cc1ccccc1. The van der Waals surface area contributed by atoms with Crippen LogP contribution in [0, 0.1) is 0 Å². The van der Waals surface area contributed by atoms with E-state index in [-0.39, 0.29) is 18.4 Å². The molecule has 3 aromatic rings. The zero-order valence-electron chi connectivity index (χ0n) is 18.1. The second-order valence-electron chi connectivity index (χ2n) is 7.71. The fourth-order valence-corrected chi connectivity index (χ4v) is 3.82. The Morgan fingerprint density at radius 3 is 1.71 bits per heavy atom. The van der Waals surface area contributed by atoms with Crippen LogP contribution in [0.4, 0.5) is 0 Å². The topological polar surface area (TPSA) is 49.8 Å². The molecule has 31 heavy (non-hydrogen) atoms. The minimum Gasteiger partial charge on any atom is -0.466 e. The molecule has 0 aliphatic carbocycles. The van der Waals surface area contributed by atoms with Crippen LogP contribution < -0.4 is 0 Å². The number of carbonyl (C=O) groups excluding carboxylic acids is 1. The smallest absolute Gasteiger partial charge is 0.308 e. The first-order chi connectivity index (χ1) is 15.2. The second-order valence-corrected chi connectivity index (χ2v) is 7.71. The van der Waals surface area contributed by atoms with Gasteiger partial charge >= 0.3 is 5.97 Å². The van der Waals surface area contributed by atoms with Crippen molar-refractivity contribution in [2.45, 2.75) is 45.0 Å². The van der Waals surface area contributed by atoms with E-state index in [4.69, 9.17) is 4.74 Å². The van der Waals surface area contributed by atoms with E-state index in [1.165, 1.54) is 11.1 Å². The van der Waals surface area contributed by atoms with Crippen LogP contribution in [-0.2, 0) is 29.0 Å². The van der Waals surface area contributed by atoms with Crippen molar-refractivity contribution in [3.8, 4) is 0 Å². The Morgan fingerprint density at radius 1 is 0.806 bits per heavy atom. The maximum absolute atomic E-state index is 12.1. The highest BCUT2D eigenvalue weighted by Crippen LogP contribution is 2.21.